The third-order valence-electron chi connectivity index (χ3n) is 3.27. The standard InChI is InChI=1S/C12H12FN3O/c1-16-10(17)8-3-2-7(13)6-9(8)15-11(16)12(14)4-5-12/h2-3,6H,4-5,14H2,1H3. The van der Waals surface area contributed by atoms with Crippen LogP contribution in [0.5, 0.6) is 0 Å². The summed E-state index contributed by atoms with van der Waals surface area (Å²) in [5.41, 5.74) is 5.74. The molecule has 1 aromatic carbocycles. The van der Waals surface area contributed by atoms with Crippen molar-refractivity contribution >= 4 is 10.9 Å². The molecule has 1 aliphatic rings. The molecule has 5 heteroatoms. The Hall–Kier alpha value is -1.75. The molecule has 0 saturated heterocycles. The number of fused-ring (bicyclic) bond motifs is 1. The number of aromatic nitrogens is 2. The van der Waals surface area contributed by atoms with Crippen molar-refractivity contribution in [1.29, 1.82) is 0 Å². The zero-order valence-electron chi connectivity index (χ0n) is 9.40. The molecule has 1 aromatic heterocycles. The minimum Gasteiger partial charge on any atom is -0.319 e. The Kier molecular flexibility index (Phi) is 1.92. The van der Waals surface area contributed by atoms with Crippen LogP contribution in [0.2, 0.25) is 0 Å². The van der Waals surface area contributed by atoms with Gasteiger partial charge in [-0.25, -0.2) is 9.37 Å². The molecule has 0 unspecified atom stereocenters. The van der Waals surface area contributed by atoms with Crippen molar-refractivity contribution in [2.24, 2.45) is 12.8 Å². The first kappa shape index (κ1) is 10.4. The predicted molar refractivity (Wildman–Crippen MR) is 62.0 cm³/mol. The number of rotatable bonds is 1. The van der Waals surface area contributed by atoms with E-state index < -0.39 is 11.4 Å². The SMILES string of the molecule is Cn1c(C2(N)CC2)nc2cc(F)ccc2c1=O. The van der Waals surface area contributed by atoms with Crippen LogP contribution >= 0.6 is 0 Å². The van der Waals surface area contributed by atoms with Gasteiger partial charge in [-0.1, -0.05) is 0 Å². The highest BCUT2D eigenvalue weighted by Crippen LogP contribution is 2.41. The fourth-order valence-electron chi connectivity index (χ4n) is 2.05. The lowest BCUT2D eigenvalue weighted by Crippen LogP contribution is -2.32. The van der Waals surface area contributed by atoms with Gasteiger partial charge in [0.2, 0.25) is 0 Å². The maximum Gasteiger partial charge on any atom is 0.261 e. The summed E-state index contributed by atoms with van der Waals surface area (Å²) in [5.74, 6) is 0.145. The predicted octanol–water partition coefficient (Wildman–Crippen LogP) is 1.02. The van der Waals surface area contributed by atoms with Crippen molar-refractivity contribution < 1.29 is 4.39 Å². The lowest BCUT2D eigenvalue weighted by atomic mass is 10.2. The van der Waals surface area contributed by atoms with Gasteiger partial charge in [0.1, 0.15) is 11.6 Å². The van der Waals surface area contributed by atoms with Gasteiger partial charge in [-0.15, -0.1) is 0 Å². The van der Waals surface area contributed by atoms with Crippen LogP contribution in [0.3, 0.4) is 0 Å². The molecule has 0 spiro atoms. The molecule has 0 atom stereocenters. The molecule has 1 saturated carbocycles. The van der Waals surface area contributed by atoms with Crippen LogP contribution in [0, 0.1) is 5.82 Å². The molecule has 4 nitrogen and oxygen atoms in total. The molecule has 3 rings (SSSR count). The van der Waals surface area contributed by atoms with Gasteiger partial charge in [0.15, 0.2) is 0 Å². The first-order valence-corrected chi connectivity index (χ1v) is 5.47. The molecular formula is C12H12FN3O. The van der Waals surface area contributed by atoms with E-state index >= 15 is 0 Å². The van der Waals surface area contributed by atoms with E-state index in [-0.39, 0.29) is 5.56 Å². The number of halogens is 1. The molecule has 1 aliphatic carbocycles. The Bertz CT molecular complexity index is 673. The minimum atomic E-state index is -0.506. The van der Waals surface area contributed by atoms with E-state index in [1.54, 1.807) is 7.05 Å². The van der Waals surface area contributed by atoms with Crippen molar-refractivity contribution in [1.82, 2.24) is 9.55 Å². The van der Waals surface area contributed by atoms with Crippen molar-refractivity contribution in [2.75, 3.05) is 0 Å². The Morgan fingerprint density at radius 1 is 1.47 bits per heavy atom. The van der Waals surface area contributed by atoms with E-state index in [1.165, 1.54) is 22.8 Å². The van der Waals surface area contributed by atoms with Gasteiger partial charge in [-0.3, -0.25) is 9.36 Å². The minimum absolute atomic E-state index is 0.179. The average Bonchev–Trinajstić information content (AvgIpc) is 3.02. The molecule has 17 heavy (non-hydrogen) atoms. The summed E-state index contributed by atoms with van der Waals surface area (Å²) < 4.78 is 14.6. The van der Waals surface area contributed by atoms with Crippen LogP contribution in [-0.2, 0) is 12.6 Å². The summed E-state index contributed by atoms with van der Waals surface area (Å²) >= 11 is 0. The molecule has 1 heterocycles. The third-order valence-corrected chi connectivity index (χ3v) is 3.27. The molecule has 0 amide bonds. The van der Waals surface area contributed by atoms with Crippen molar-refractivity contribution in [3.05, 3.63) is 40.2 Å². The molecule has 1 fully saturated rings. The van der Waals surface area contributed by atoms with E-state index in [0.717, 1.165) is 12.8 Å². The highest BCUT2D eigenvalue weighted by Gasteiger charge is 2.43. The number of nitrogens with zero attached hydrogens (tertiary/aromatic N) is 2. The van der Waals surface area contributed by atoms with Crippen LogP contribution in [-0.4, -0.2) is 9.55 Å². The fourth-order valence-corrected chi connectivity index (χ4v) is 2.05. The summed E-state index contributed by atoms with van der Waals surface area (Å²) in [7, 11) is 1.65. The summed E-state index contributed by atoms with van der Waals surface area (Å²) in [6, 6.07) is 3.99. The van der Waals surface area contributed by atoms with Gasteiger partial charge in [-0.2, -0.15) is 0 Å². The highest BCUT2D eigenvalue weighted by atomic mass is 19.1. The molecular weight excluding hydrogens is 221 g/mol. The largest absolute Gasteiger partial charge is 0.319 e. The van der Waals surface area contributed by atoms with E-state index in [0.29, 0.717) is 16.7 Å². The summed E-state index contributed by atoms with van der Waals surface area (Å²) in [4.78, 5) is 16.4. The first-order valence-electron chi connectivity index (χ1n) is 5.47. The summed E-state index contributed by atoms with van der Waals surface area (Å²) in [6.07, 6.45) is 1.63. The van der Waals surface area contributed by atoms with E-state index in [2.05, 4.69) is 4.98 Å². The normalized spacial score (nSPS) is 17.4. The Morgan fingerprint density at radius 2 is 2.18 bits per heavy atom. The maximum absolute atomic E-state index is 13.1. The van der Waals surface area contributed by atoms with E-state index in [1.807, 2.05) is 0 Å². The lowest BCUT2D eigenvalue weighted by Gasteiger charge is -2.13. The van der Waals surface area contributed by atoms with Crippen molar-refractivity contribution in [3.63, 3.8) is 0 Å². The van der Waals surface area contributed by atoms with Crippen molar-refractivity contribution in [3.8, 4) is 0 Å². The quantitative estimate of drug-likeness (QED) is 0.800. The Morgan fingerprint density at radius 3 is 2.82 bits per heavy atom. The smallest absolute Gasteiger partial charge is 0.261 e. The topological polar surface area (TPSA) is 60.9 Å². The Labute approximate surface area is 96.9 Å². The number of nitrogens with two attached hydrogens (primary N) is 1. The van der Waals surface area contributed by atoms with Gasteiger partial charge in [0.05, 0.1) is 16.4 Å². The molecule has 0 radical (unpaired) electrons. The third kappa shape index (κ3) is 1.46. The van der Waals surface area contributed by atoms with Gasteiger partial charge >= 0.3 is 0 Å². The van der Waals surface area contributed by atoms with Crippen LogP contribution < -0.4 is 11.3 Å². The second-order valence-electron chi connectivity index (χ2n) is 4.62. The molecule has 88 valence electrons. The van der Waals surface area contributed by atoms with Gasteiger partial charge in [-0.05, 0) is 25.0 Å². The number of benzene rings is 1. The molecule has 0 aliphatic heterocycles. The molecule has 0 bridgehead atoms. The lowest BCUT2D eigenvalue weighted by molar-refractivity contribution is 0.605. The van der Waals surface area contributed by atoms with Crippen molar-refractivity contribution in [2.45, 2.75) is 18.4 Å². The first-order chi connectivity index (χ1) is 8.01. The monoisotopic (exact) mass is 233 g/mol. The maximum atomic E-state index is 13.1. The highest BCUT2D eigenvalue weighted by molar-refractivity contribution is 5.77. The van der Waals surface area contributed by atoms with Gasteiger partial charge < -0.3 is 5.73 Å². The van der Waals surface area contributed by atoms with Gasteiger partial charge in [0, 0.05) is 13.1 Å². The van der Waals surface area contributed by atoms with Crippen LogP contribution in [0.15, 0.2) is 23.0 Å². The molecule has 2 N–H and O–H groups in total. The zero-order valence-corrected chi connectivity index (χ0v) is 9.40. The number of hydrogen-bond donors (Lipinski definition) is 1. The van der Waals surface area contributed by atoms with E-state index in [4.69, 9.17) is 5.73 Å². The van der Waals surface area contributed by atoms with Crippen LogP contribution in [0.25, 0.3) is 10.9 Å². The molecule has 2 aromatic rings. The second kappa shape index (κ2) is 3.13. The van der Waals surface area contributed by atoms with Crippen LogP contribution in [0.4, 0.5) is 4.39 Å². The van der Waals surface area contributed by atoms with Gasteiger partial charge in [0.25, 0.3) is 5.56 Å². The fraction of sp³-hybridized carbons (Fsp3) is 0.333. The van der Waals surface area contributed by atoms with Crippen LogP contribution in [0.1, 0.15) is 18.7 Å². The van der Waals surface area contributed by atoms with E-state index in [9.17, 15) is 9.18 Å². The average molecular weight is 233 g/mol. The summed E-state index contributed by atoms with van der Waals surface area (Å²) in [6.45, 7) is 0. The Balaban J connectivity index is 2.39. The summed E-state index contributed by atoms with van der Waals surface area (Å²) in [5, 5.41) is 0.418. The number of hydrogen-bond acceptors (Lipinski definition) is 3. The second-order valence-corrected chi connectivity index (χ2v) is 4.62. The zero-order chi connectivity index (χ0) is 12.2.